The van der Waals surface area contributed by atoms with Gasteiger partial charge in [-0.05, 0) is 54.9 Å². The maximum absolute atomic E-state index is 6.01. The maximum atomic E-state index is 6.01. The molecule has 2 nitrogen and oxygen atoms in total. The summed E-state index contributed by atoms with van der Waals surface area (Å²) in [4.78, 5) is 0. The predicted molar refractivity (Wildman–Crippen MR) is 71.3 cm³/mol. The van der Waals surface area contributed by atoms with Crippen LogP contribution < -0.4 is 10.5 Å². The van der Waals surface area contributed by atoms with Crippen molar-refractivity contribution in [1.29, 1.82) is 0 Å². The van der Waals surface area contributed by atoms with E-state index in [0.717, 1.165) is 37.5 Å². The number of fused-ring (bicyclic) bond motifs is 1. The Kier molecular flexibility index (Phi) is 4.06. The summed E-state index contributed by atoms with van der Waals surface area (Å²) in [5, 5.41) is 0. The molecule has 0 spiro atoms. The van der Waals surface area contributed by atoms with E-state index in [4.69, 9.17) is 10.5 Å². The Labute approximate surface area is 104 Å². The SMILES string of the molecule is CC(C)CCCOc1ccc2c(c1)CCC2N. The second kappa shape index (κ2) is 5.54. The zero-order valence-corrected chi connectivity index (χ0v) is 10.9. The van der Waals surface area contributed by atoms with Gasteiger partial charge >= 0.3 is 0 Å². The molecule has 0 amide bonds. The maximum Gasteiger partial charge on any atom is 0.119 e. The summed E-state index contributed by atoms with van der Waals surface area (Å²) in [6.45, 7) is 5.32. The van der Waals surface area contributed by atoms with Gasteiger partial charge in [-0.1, -0.05) is 19.9 Å². The second-order valence-electron chi connectivity index (χ2n) is 5.39. The van der Waals surface area contributed by atoms with Crippen molar-refractivity contribution in [3.8, 4) is 5.75 Å². The van der Waals surface area contributed by atoms with Crippen molar-refractivity contribution in [2.24, 2.45) is 11.7 Å². The van der Waals surface area contributed by atoms with Crippen LogP contribution in [0.4, 0.5) is 0 Å². The Balaban J connectivity index is 1.86. The van der Waals surface area contributed by atoms with Crippen LogP contribution in [-0.4, -0.2) is 6.61 Å². The van der Waals surface area contributed by atoms with Crippen LogP contribution in [0.2, 0.25) is 0 Å². The van der Waals surface area contributed by atoms with E-state index in [1.807, 2.05) is 0 Å². The van der Waals surface area contributed by atoms with Gasteiger partial charge in [0.1, 0.15) is 5.75 Å². The molecule has 2 rings (SSSR count). The zero-order chi connectivity index (χ0) is 12.3. The van der Waals surface area contributed by atoms with E-state index in [2.05, 4.69) is 32.0 Å². The van der Waals surface area contributed by atoms with Gasteiger partial charge in [0.2, 0.25) is 0 Å². The van der Waals surface area contributed by atoms with E-state index < -0.39 is 0 Å². The highest BCUT2D eigenvalue weighted by atomic mass is 16.5. The number of hydrogen-bond donors (Lipinski definition) is 1. The molecule has 1 atom stereocenters. The number of aryl methyl sites for hydroxylation is 1. The van der Waals surface area contributed by atoms with Crippen molar-refractivity contribution in [3.63, 3.8) is 0 Å². The monoisotopic (exact) mass is 233 g/mol. The number of ether oxygens (including phenoxy) is 1. The predicted octanol–water partition coefficient (Wildman–Crippen LogP) is 3.45. The first-order valence-electron chi connectivity index (χ1n) is 6.68. The molecule has 1 aliphatic carbocycles. The third-order valence-electron chi connectivity index (χ3n) is 3.43. The molecule has 0 fully saturated rings. The fraction of sp³-hybridized carbons (Fsp3) is 0.600. The lowest BCUT2D eigenvalue weighted by atomic mass is 10.1. The van der Waals surface area contributed by atoms with Crippen LogP contribution in [0.1, 0.15) is 50.3 Å². The molecule has 94 valence electrons. The molecule has 17 heavy (non-hydrogen) atoms. The van der Waals surface area contributed by atoms with Crippen molar-refractivity contribution in [3.05, 3.63) is 29.3 Å². The summed E-state index contributed by atoms with van der Waals surface area (Å²) < 4.78 is 5.78. The van der Waals surface area contributed by atoms with Crippen molar-refractivity contribution in [2.75, 3.05) is 6.61 Å². The van der Waals surface area contributed by atoms with E-state index in [9.17, 15) is 0 Å². The van der Waals surface area contributed by atoms with Crippen molar-refractivity contribution >= 4 is 0 Å². The molecule has 0 heterocycles. The third-order valence-corrected chi connectivity index (χ3v) is 3.43. The van der Waals surface area contributed by atoms with Crippen molar-refractivity contribution < 1.29 is 4.74 Å². The Morgan fingerprint density at radius 3 is 3.00 bits per heavy atom. The van der Waals surface area contributed by atoms with Gasteiger partial charge in [0, 0.05) is 6.04 Å². The lowest BCUT2D eigenvalue weighted by molar-refractivity contribution is 0.297. The third kappa shape index (κ3) is 3.22. The first kappa shape index (κ1) is 12.4. The van der Waals surface area contributed by atoms with Gasteiger partial charge in [-0.15, -0.1) is 0 Å². The molecular weight excluding hydrogens is 210 g/mol. The molecule has 0 saturated heterocycles. The first-order valence-corrected chi connectivity index (χ1v) is 6.68. The quantitative estimate of drug-likeness (QED) is 0.791. The fourth-order valence-corrected chi connectivity index (χ4v) is 2.40. The topological polar surface area (TPSA) is 35.2 Å². The van der Waals surface area contributed by atoms with Crippen LogP contribution in [0.5, 0.6) is 5.75 Å². The number of nitrogens with two attached hydrogens (primary N) is 1. The van der Waals surface area contributed by atoms with Gasteiger partial charge in [0.15, 0.2) is 0 Å². The summed E-state index contributed by atoms with van der Waals surface area (Å²) >= 11 is 0. The van der Waals surface area contributed by atoms with Crippen LogP contribution >= 0.6 is 0 Å². The first-order chi connectivity index (χ1) is 8.16. The Bertz CT molecular complexity index is 373. The van der Waals surface area contributed by atoms with Crippen LogP contribution in [0.25, 0.3) is 0 Å². The van der Waals surface area contributed by atoms with Crippen LogP contribution in [0.15, 0.2) is 18.2 Å². The molecule has 0 saturated carbocycles. The Morgan fingerprint density at radius 1 is 1.41 bits per heavy atom. The van der Waals surface area contributed by atoms with Gasteiger partial charge in [0.05, 0.1) is 6.61 Å². The van der Waals surface area contributed by atoms with Gasteiger partial charge in [-0.25, -0.2) is 0 Å². The average molecular weight is 233 g/mol. The molecule has 1 unspecified atom stereocenters. The summed E-state index contributed by atoms with van der Waals surface area (Å²) in [5.41, 5.74) is 8.69. The normalized spacial score (nSPS) is 18.5. The minimum Gasteiger partial charge on any atom is -0.494 e. The highest BCUT2D eigenvalue weighted by molar-refractivity contribution is 5.40. The number of hydrogen-bond acceptors (Lipinski definition) is 2. The standard InChI is InChI=1S/C15H23NO/c1-11(2)4-3-9-17-13-6-7-14-12(10-13)5-8-15(14)16/h6-7,10-11,15H,3-5,8-9,16H2,1-2H3. The fourth-order valence-electron chi connectivity index (χ4n) is 2.40. The molecule has 0 aliphatic heterocycles. The molecule has 1 aromatic rings. The lowest BCUT2D eigenvalue weighted by Gasteiger charge is -2.10. The molecular formula is C15H23NO. The highest BCUT2D eigenvalue weighted by Gasteiger charge is 2.18. The van der Waals surface area contributed by atoms with Gasteiger partial charge in [0.25, 0.3) is 0 Å². The molecule has 2 N–H and O–H groups in total. The molecule has 1 aliphatic rings. The smallest absolute Gasteiger partial charge is 0.119 e. The van der Waals surface area contributed by atoms with Crippen LogP contribution in [0.3, 0.4) is 0 Å². The number of rotatable bonds is 5. The van der Waals surface area contributed by atoms with E-state index in [0.29, 0.717) is 0 Å². The van der Waals surface area contributed by atoms with Gasteiger partial charge in [-0.2, -0.15) is 0 Å². The second-order valence-corrected chi connectivity index (χ2v) is 5.39. The van der Waals surface area contributed by atoms with Crippen molar-refractivity contribution in [2.45, 2.75) is 45.6 Å². The Morgan fingerprint density at radius 2 is 2.24 bits per heavy atom. The molecule has 1 aromatic carbocycles. The van der Waals surface area contributed by atoms with Crippen LogP contribution in [0, 0.1) is 5.92 Å². The molecule has 0 radical (unpaired) electrons. The van der Waals surface area contributed by atoms with Crippen molar-refractivity contribution in [1.82, 2.24) is 0 Å². The minimum atomic E-state index is 0.236. The van der Waals surface area contributed by atoms with Crippen LogP contribution in [-0.2, 0) is 6.42 Å². The zero-order valence-electron chi connectivity index (χ0n) is 10.9. The van der Waals surface area contributed by atoms with Gasteiger partial charge in [-0.3, -0.25) is 0 Å². The van der Waals surface area contributed by atoms with E-state index in [-0.39, 0.29) is 6.04 Å². The van der Waals surface area contributed by atoms with E-state index >= 15 is 0 Å². The summed E-state index contributed by atoms with van der Waals surface area (Å²) in [6, 6.07) is 6.59. The Hall–Kier alpha value is -1.02. The summed E-state index contributed by atoms with van der Waals surface area (Å²) in [7, 11) is 0. The summed E-state index contributed by atoms with van der Waals surface area (Å²) in [6.07, 6.45) is 4.54. The number of benzene rings is 1. The average Bonchev–Trinajstić information content (AvgIpc) is 2.66. The minimum absolute atomic E-state index is 0.236. The van der Waals surface area contributed by atoms with Gasteiger partial charge < -0.3 is 10.5 Å². The largest absolute Gasteiger partial charge is 0.494 e. The van der Waals surface area contributed by atoms with E-state index in [1.54, 1.807) is 0 Å². The lowest BCUT2D eigenvalue weighted by Crippen LogP contribution is -2.05. The van der Waals surface area contributed by atoms with E-state index in [1.165, 1.54) is 17.5 Å². The highest BCUT2D eigenvalue weighted by Crippen LogP contribution is 2.31. The molecule has 2 heteroatoms. The molecule has 0 aromatic heterocycles. The summed E-state index contributed by atoms with van der Waals surface area (Å²) in [5.74, 6) is 1.76. The molecule has 0 bridgehead atoms.